The molecule has 1 heterocycles. The number of rotatable bonds is 8. The molecule has 0 atom stereocenters. The predicted octanol–water partition coefficient (Wildman–Crippen LogP) is 4.67. The van der Waals surface area contributed by atoms with Gasteiger partial charge in [0.25, 0.3) is 0 Å². The number of thiazole rings is 1. The van der Waals surface area contributed by atoms with E-state index in [-0.39, 0.29) is 24.0 Å². The molecule has 1 aromatic carbocycles. The predicted molar refractivity (Wildman–Crippen MR) is 132 cm³/mol. The van der Waals surface area contributed by atoms with E-state index in [2.05, 4.69) is 15.6 Å². The Labute approximate surface area is 194 Å². The molecule has 0 bridgehead atoms. The molecule has 160 valence electrons. The maximum atomic E-state index is 5.63. The van der Waals surface area contributed by atoms with Crippen LogP contribution < -0.4 is 20.1 Å². The van der Waals surface area contributed by atoms with Crippen LogP contribution in [0.2, 0.25) is 0 Å². The Kier molecular flexibility index (Phi) is 9.99. The first kappa shape index (κ1) is 23.7. The molecule has 1 aromatic heterocycles. The van der Waals surface area contributed by atoms with Gasteiger partial charge in [0.05, 0.1) is 24.4 Å². The fourth-order valence-electron chi connectivity index (χ4n) is 3.30. The summed E-state index contributed by atoms with van der Waals surface area (Å²) in [4.78, 5) is 10.6. The van der Waals surface area contributed by atoms with Crippen LogP contribution in [-0.4, -0.2) is 38.3 Å². The molecule has 0 unspecified atom stereocenters. The van der Waals surface area contributed by atoms with Crippen molar-refractivity contribution < 1.29 is 9.47 Å². The summed E-state index contributed by atoms with van der Waals surface area (Å²) in [6.45, 7) is 3.39. The Bertz CT molecular complexity index is 786. The highest BCUT2D eigenvalue weighted by Gasteiger charge is 2.14. The largest absolute Gasteiger partial charge is 0.493 e. The molecule has 2 N–H and O–H groups in total. The first-order valence-electron chi connectivity index (χ1n) is 9.99. The molecule has 0 amide bonds. The monoisotopic (exact) mass is 530 g/mol. The minimum Gasteiger partial charge on any atom is -0.493 e. The fraction of sp³-hybridized carbons (Fsp3) is 0.524. The zero-order chi connectivity index (χ0) is 19.8. The molecule has 29 heavy (non-hydrogen) atoms. The lowest BCUT2D eigenvalue weighted by atomic mass is 10.0. The summed E-state index contributed by atoms with van der Waals surface area (Å²) >= 11 is 1.90. The highest BCUT2D eigenvalue weighted by Crippen LogP contribution is 2.30. The van der Waals surface area contributed by atoms with Crippen molar-refractivity contribution in [2.24, 2.45) is 4.99 Å². The number of methoxy groups -OCH3 is 1. The smallest absolute Gasteiger partial charge is 0.195 e. The number of aryl methyl sites for hydroxylation is 3. The van der Waals surface area contributed by atoms with Crippen LogP contribution >= 0.6 is 35.3 Å². The SMILES string of the molecule is CCOc1cc(NC(=NC)NCCCc2nc3c(s2)CCCC3)ccc1OC.I. The van der Waals surface area contributed by atoms with Gasteiger partial charge < -0.3 is 20.1 Å². The van der Waals surface area contributed by atoms with Crippen molar-refractivity contribution in [2.45, 2.75) is 45.4 Å². The van der Waals surface area contributed by atoms with Gasteiger partial charge in [-0.25, -0.2) is 4.98 Å². The molecule has 2 aromatic rings. The molecule has 0 saturated heterocycles. The number of anilines is 1. The molecule has 3 rings (SSSR count). The van der Waals surface area contributed by atoms with Crippen LogP contribution in [0, 0.1) is 0 Å². The number of fused-ring (bicyclic) bond motifs is 1. The molecule has 1 aliphatic rings. The molecule has 0 aliphatic heterocycles. The van der Waals surface area contributed by atoms with Crippen LogP contribution in [0.4, 0.5) is 5.69 Å². The molecule has 6 nitrogen and oxygen atoms in total. The lowest BCUT2D eigenvalue weighted by Gasteiger charge is -2.14. The first-order valence-corrected chi connectivity index (χ1v) is 10.8. The van der Waals surface area contributed by atoms with E-state index in [1.165, 1.54) is 34.8 Å². The molecular formula is C21H31IN4O2S. The van der Waals surface area contributed by atoms with Gasteiger partial charge in [-0.1, -0.05) is 0 Å². The zero-order valence-corrected chi connectivity index (χ0v) is 20.6. The van der Waals surface area contributed by atoms with Gasteiger partial charge in [-0.3, -0.25) is 4.99 Å². The Morgan fingerprint density at radius 2 is 2.07 bits per heavy atom. The number of aliphatic imine (C=N–C) groups is 1. The van der Waals surface area contributed by atoms with E-state index in [1.54, 1.807) is 14.2 Å². The van der Waals surface area contributed by atoms with Gasteiger partial charge in [0.2, 0.25) is 0 Å². The quantitative estimate of drug-likeness (QED) is 0.225. The van der Waals surface area contributed by atoms with E-state index in [1.807, 2.05) is 36.5 Å². The summed E-state index contributed by atoms with van der Waals surface area (Å²) in [5, 5.41) is 7.95. The number of hydrogen-bond acceptors (Lipinski definition) is 5. The molecule has 0 spiro atoms. The summed E-state index contributed by atoms with van der Waals surface area (Å²) in [6.07, 6.45) is 7.02. The average Bonchev–Trinajstić information content (AvgIpc) is 3.13. The summed E-state index contributed by atoms with van der Waals surface area (Å²) < 4.78 is 11.0. The minimum atomic E-state index is 0. The van der Waals surface area contributed by atoms with Gasteiger partial charge in [-0.2, -0.15) is 0 Å². The van der Waals surface area contributed by atoms with E-state index in [4.69, 9.17) is 14.5 Å². The van der Waals surface area contributed by atoms with E-state index >= 15 is 0 Å². The standard InChI is InChI=1S/C21H30N4O2S.HI/c1-4-27-18-14-15(11-12-17(18)26-3)24-21(22-2)23-13-7-10-20-25-16-8-5-6-9-19(16)28-20;/h11-12,14H,4-10,13H2,1-3H3,(H2,22,23,24);1H. The Morgan fingerprint density at radius 1 is 1.24 bits per heavy atom. The summed E-state index contributed by atoms with van der Waals surface area (Å²) in [5.41, 5.74) is 2.26. The molecule has 0 saturated carbocycles. The van der Waals surface area contributed by atoms with Crippen molar-refractivity contribution in [1.82, 2.24) is 10.3 Å². The third kappa shape index (κ3) is 6.74. The zero-order valence-electron chi connectivity index (χ0n) is 17.4. The Balaban J connectivity index is 0.00000300. The maximum absolute atomic E-state index is 5.63. The first-order chi connectivity index (χ1) is 13.7. The molecule has 0 fully saturated rings. The second-order valence-electron chi connectivity index (χ2n) is 6.71. The van der Waals surface area contributed by atoms with Crippen LogP contribution in [0.15, 0.2) is 23.2 Å². The van der Waals surface area contributed by atoms with Crippen LogP contribution in [0.5, 0.6) is 11.5 Å². The third-order valence-corrected chi connectivity index (χ3v) is 5.92. The second-order valence-corrected chi connectivity index (χ2v) is 7.88. The molecule has 8 heteroatoms. The normalized spacial score (nSPS) is 13.3. The van der Waals surface area contributed by atoms with Crippen LogP contribution in [0.3, 0.4) is 0 Å². The van der Waals surface area contributed by atoms with Gasteiger partial charge in [0.1, 0.15) is 0 Å². The Hall–Kier alpha value is -1.55. The maximum Gasteiger partial charge on any atom is 0.195 e. The second kappa shape index (κ2) is 12.2. The van der Waals surface area contributed by atoms with Crippen LogP contribution in [0.25, 0.3) is 0 Å². The number of nitrogens with zero attached hydrogens (tertiary/aromatic N) is 2. The van der Waals surface area contributed by atoms with Crippen molar-refractivity contribution in [3.05, 3.63) is 33.8 Å². The van der Waals surface area contributed by atoms with Gasteiger partial charge in [0.15, 0.2) is 17.5 Å². The molecule has 1 aliphatic carbocycles. The molecular weight excluding hydrogens is 499 g/mol. The average molecular weight is 530 g/mol. The van der Waals surface area contributed by atoms with Gasteiger partial charge in [-0.05, 0) is 51.2 Å². The Morgan fingerprint density at radius 3 is 2.79 bits per heavy atom. The van der Waals surface area contributed by atoms with E-state index in [0.717, 1.165) is 49.0 Å². The fourth-order valence-corrected chi connectivity index (χ4v) is 4.50. The highest BCUT2D eigenvalue weighted by molar-refractivity contribution is 14.0. The number of hydrogen-bond donors (Lipinski definition) is 2. The number of halogens is 1. The van der Waals surface area contributed by atoms with E-state index < -0.39 is 0 Å². The van der Waals surface area contributed by atoms with E-state index in [9.17, 15) is 0 Å². The highest BCUT2D eigenvalue weighted by atomic mass is 127. The number of guanidine groups is 1. The van der Waals surface area contributed by atoms with E-state index in [0.29, 0.717) is 6.61 Å². The molecule has 0 radical (unpaired) electrons. The third-order valence-electron chi connectivity index (χ3n) is 4.70. The van der Waals surface area contributed by atoms with Gasteiger partial charge in [0, 0.05) is 36.6 Å². The summed E-state index contributed by atoms with van der Waals surface area (Å²) in [6, 6.07) is 5.77. The summed E-state index contributed by atoms with van der Waals surface area (Å²) in [7, 11) is 3.42. The number of nitrogens with one attached hydrogen (secondary N) is 2. The van der Waals surface area contributed by atoms with Gasteiger partial charge >= 0.3 is 0 Å². The van der Waals surface area contributed by atoms with Crippen molar-refractivity contribution in [2.75, 3.05) is 32.6 Å². The van der Waals surface area contributed by atoms with Crippen LogP contribution in [0.1, 0.15) is 41.8 Å². The topological polar surface area (TPSA) is 67.8 Å². The minimum absolute atomic E-state index is 0. The van der Waals surface area contributed by atoms with Crippen molar-refractivity contribution in [3.8, 4) is 11.5 Å². The lowest BCUT2D eigenvalue weighted by Crippen LogP contribution is -2.31. The number of ether oxygens (including phenoxy) is 2. The van der Waals surface area contributed by atoms with Crippen molar-refractivity contribution >= 4 is 47.0 Å². The van der Waals surface area contributed by atoms with Crippen LogP contribution in [-0.2, 0) is 19.3 Å². The number of aromatic nitrogens is 1. The summed E-state index contributed by atoms with van der Waals surface area (Å²) in [5.74, 6) is 2.19. The number of benzene rings is 1. The van der Waals surface area contributed by atoms with Crippen molar-refractivity contribution in [3.63, 3.8) is 0 Å². The lowest BCUT2D eigenvalue weighted by molar-refractivity contribution is 0.311. The van der Waals surface area contributed by atoms with Crippen molar-refractivity contribution in [1.29, 1.82) is 0 Å². The van der Waals surface area contributed by atoms with Gasteiger partial charge in [-0.15, -0.1) is 35.3 Å².